The molecule has 1 fully saturated rings. The third-order valence-corrected chi connectivity index (χ3v) is 3.45. The maximum absolute atomic E-state index is 6.11. The van der Waals surface area contributed by atoms with Crippen molar-refractivity contribution in [3.8, 4) is 0 Å². The highest BCUT2D eigenvalue weighted by molar-refractivity contribution is 9.10. The molecule has 14 heavy (non-hydrogen) atoms. The average molecular weight is 272 g/mol. The van der Waals surface area contributed by atoms with E-state index in [9.17, 15) is 0 Å². The number of fused-ring (bicyclic) bond motifs is 1. The largest absolute Gasteiger partial charge is 0.311 e. The van der Waals surface area contributed by atoms with E-state index in [1.807, 2.05) is 12.1 Å². The minimum absolute atomic E-state index is 0.571. The van der Waals surface area contributed by atoms with E-state index in [-0.39, 0.29) is 0 Å². The summed E-state index contributed by atoms with van der Waals surface area (Å²) in [5, 5.41) is 0.606. The van der Waals surface area contributed by atoms with E-state index >= 15 is 0 Å². The van der Waals surface area contributed by atoms with Crippen molar-refractivity contribution in [3.63, 3.8) is 0 Å². The standard InChI is InChI=1S/C10H8BrClN2/c11-7-2-1-3-8-9(7)13-10(12)14(8)6-4-5-6/h1-3,6H,4-5H2. The van der Waals surface area contributed by atoms with Gasteiger partial charge in [0.15, 0.2) is 0 Å². The van der Waals surface area contributed by atoms with Crippen molar-refractivity contribution in [2.45, 2.75) is 18.9 Å². The number of hydrogen-bond donors (Lipinski definition) is 0. The molecule has 0 aliphatic heterocycles. The van der Waals surface area contributed by atoms with Crippen molar-refractivity contribution in [3.05, 3.63) is 28.0 Å². The SMILES string of the molecule is Clc1nc2c(Br)cccc2n1C1CC1. The van der Waals surface area contributed by atoms with Gasteiger partial charge in [0.05, 0.1) is 5.52 Å². The summed E-state index contributed by atoms with van der Waals surface area (Å²) in [6.07, 6.45) is 2.44. The third-order valence-electron chi connectivity index (χ3n) is 2.54. The zero-order valence-electron chi connectivity index (χ0n) is 7.37. The molecule has 2 aromatic rings. The molecular formula is C10H8BrClN2. The molecule has 1 aromatic carbocycles. The maximum atomic E-state index is 6.11. The number of halogens is 2. The monoisotopic (exact) mass is 270 g/mol. The molecule has 1 saturated carbocycles. The van der Waals surface area contributed by atoms with Crippen LogP contribution in [0.2, 0.25) is 5.28 Å². The van der Waals surface area contributed by atoms with Crippen LogP contribution in [0.3, 0.4) is 0 Å². The average Bonchev–Trinajstić information content (AvgIpc) is 2.91. The molecule has 0 radical (unpaired) electrons. The van der Waals surface area contributed by atoms with Crippen LogP contribution in [0.25, 0.3) is 11.0 Å². The first-order valence-corrected chi connectivity index (χ1v) is 5.76. The van der Waals surface area contributed by atoms with E-state index in [1.165, 1.54) is 12.8 Å². The molecule has 2 nitrogen and oxygen atoms in total. The lowest BCUT2D eigenvalue weighted by Gasteiger charge is -2.01. The van der Waals surface area contributed by atoms with Gasteiger partial charge in [0.1, 0.15) is 5.52 Å². The van der Waals surface area contributed by atoms with Crippen molar-refractivity contribution >= 4 is 38.6 Å². The molecule has 0 unspecified atom stereocenters. The Kier molecular flexibility index (Phi) is 1.86. The second-order valence-electron chi connectivity index (χ2n) is 3.59. The Morgan fingerprint density at radius 1 is 1.43 bits per heavy atom. The summed E-state index contributed by atoms with van der Waals surface area (Å²) in [6.45, 7) is 0. The lowest BCUT2D eigenvalue weighted by atomic mass is 10.3. The van der Waals surface area contributed by atoms with Gasteiger partial charge < -0.3 is 4.57 Å². The van der Waals surface area contributed by atoms with E-state index in [4.69, 9.17) is 11.6 Å². The van der Waals surface area contributed by atoms with Gasteiger partial charge in [0.2, 0.25) is 5.28 Å². The molecule has 0 bridgehead atoms. The van der Waals surface area contributed by atoms with Gasteiger partial charge in [-0.15, -0.1) is 0 Å². The number of benzene rings is 1. The molecule has 0 atom stereocenters. The van der Waals surface area contributed by atoms with Crippen molar-refractivity contribution in [2.75, 3.05) is 0 Å². The summed E-state index contributed by atoms with van der Waals surface area (Å²) in [4.78, 5) is 4.36. The molecule has 0 saturated heterocycles. The highest BCUT2D eigenvalue weighted by Crippen LogP contribution is 2.40. The first kappa shape index (κ1) is 8.74. The molecule has 3 rings (SSSR count). The predicted molar refractivity (Wildman–Crippen MR) is 60.7 cm³/mol. The minimum Gasteiger partial charge on any atom is -0.311 e. The second-order valence-corrected chi connectivity index (χ2v) is 4.78. The molecule has 4 heteroatoms. The van der Waals surface area contributed by atoms with Crippen molar-refractivity contribution in [1.82, 2.24) is 9.55 Å². The number of rotatable bonds is 1. The fourth-order valence-corrected chi connectivity index (χ4v) is 2.49. The summed E-state index contributed by atoms with van der Waals surface area (Å²) in [7, 11) is 0. The summed E-state index contributed by atoms with van der Waals surface area (Å²) in [6, 6.07) is 6.64. The fraction of sp³-hybridized carbons (Fsp3) is 0.300. The molecule has 1 heterocycles. The normalized spacial score (nSPS) is 16.4. The van der Waals surface area contributed by atoms with Crippen LogP contribution in [0.5, 0.6) is 0 Å². The molecule has 1 aliphatic rings. The van der Waals surface area contributed by atoms with Gasteiger partial charge >= 0.3 is 0 Å². The molecule has 1 aliphatic carbocycles. The molecule has 72 valence electrons. The summed E-state index contributed by atoms with van der Waals surface area (Å²) < 4.78 is 3.14. The van der Waals surface area contributed by atoms with Gasteiger partial charge in [-0.25, -0.2) is 4.98 Å². The first-order valence-electron chi connectivity index (χ1n) is 4.59. The quantitative estimate of drug-likeness (QED) is 0.771. The Morgan fingerprint density at radius 3 is 2.93 bits per heavy atom. The van der Waals surface area contributed by atoms with Crippen LogP contribution in [0.1, 0.15) is 18.9 Å². The van der Waals surface area contributed by atoms with Crippen LogP contribution >= 0.6 is 27.5 Å². The predicted octanol–water partition coefficient (Wildman–Crippen LogP) is 3.79. The highest BCUT2D eigenvalue weighted by Gasteiger charge is 2.27. The molecule has 1 aromatic heterocycles. The maximum Gasteiger partial charge on any atom is 0.204 e. The van der Waals surface area contributed by atoms with E-state index in [0.717, 1.165) is 15.5 Å². The minimum atomic E-state index is 0.571. The Bertz CT molecular complexity index is 502. The van der Waals surface area contributed by atoms with Crippen LogP contribution in [0.15, 0.2) is 22.7 Å². The van der Waals surface area contributed by atoms with E-state index in [2.05, 4.69) is 31.5 Å². The Hall–Kier alpha value is -0.540. The number of nitrogens with zero attached hydrogens (tertiary/aromatic N) is 2. The van der Waals surface area contributed by atoms with Crippen LogP contribution in [-0.4, -0.2) is 9.55 Å². The number of aromatic nitrogens is 2. The van der Waals surface area contributed by atoms with E-state index in [0.29, 0.717) is 11.3 Å². The third kappa shape index (κ3) is 1.19. The van der Waals surface area contributed by atoms with Gasteiger partial charge in [-0.2, -0.15) is 0 Å². The van der Waals surface area contributed by atoms with Gasteiger partial charge in [0, 0.05) is 10.5 Å². The summed E-state index contributed by atoms with van der Waals surface area (Å²) in [5.41, 5.74) is 2.09. The Labute approximate surface area is 95.0 Å². The molecule has 0 N–H and O–H groups in total. The van der Waals surface area contributed by atoms with Gasteiger partial charge in [0.25, 0.3) is 0 Å². The number of para-hydroxylation sites is 1. The lowest BCUT2D eigenvalue weighted by molar-refractivity contribution is 0.767. The van der Waals surface area contributed by atoms with Gasteiger partial charge in [-0.1, -0.05) is 6.07 Å². The smallest absolute Gasteiger partial charge is 0.204 e. The molecular weight excluding hydrogens is 263 g/mol. The van der Waals surface area contributed by atoms with Gasteiger partial charge in [-0.3, -0.25) is 0 Å². The zero-order chi connectivity index (χ0) is 9.71. The van der Waals surface area contributed by atoms with E-state index < -0.39 is 0 Å². The fourth-order valence-electron chi connectivity index (χ4n) is 1.73. The molecule has 0 amide bonds. The zero-order valence-corrected chi connectivity index (χ0v) is 9.72. The highest BCUT2D eigenvalue weighted by atomic mass is 79.9. The van der Waals surface area contributed by atoms with Crippen molar-refractivity contribution in [1.29, 1.82) is 0 Å². The van der Waals surface area contributed by atoms with Crippen LogP contribution < -0.4 is 0 Å². The summed E-state index contributed by atoms with van der Waals surface area (Å²) >= 11 is 9.59. The lowest BCUT2D eigenvalue weighted by Crippen LogP contribution is -1.92. The van der Waals surface area contributed by atoms with Crippen LogP contribution in [0, 0.1) is 0 Å². The molecule has 0 spiro atoms. The second kappa shape index (κ2) is 2.97. The van der Waals surface area contributed by atoms with Crippen LogP contribution in [-0.2, 0) is 0 Å². The Balaban J connectivity index is 2.37. The van der Waals surface area contributed by atoms with Crippen molar-refractivity contribution < 1.29 is 0 Å². The number of imidazole rings is 1. The van der Waals surface area contributed by atoms with Crippen molar-refractivity contribution in [2.24, 2.45) is 0 Å². The number of hydrogen-bond acceptors (Lipinski definition) is 1. The summed E-state index contributed by atoms with van der Waals surface area (Å²) in [5.74, 6) is 0. The topological polar surface area (TPSA) is 17.8 Å². The Morgan fingerprint density at radius 2 is 2.21 bits per heavy atom. The first-order chi connectivity index (χ1) is 6.77. The van der Waals surface area contributed by atoms with Gasteiger partial charge in [-0.05, 0) is 52.5 Å². The van der Waals surface area contributed by atoms with E-state index in [1.54, 1.807) is 0 Å². The van der Waals surface area contributed by atoms with Crippen LogP contribution in [0.4, 0.5) is 0 Å².